The first-order valence-electron chi connectivity index (χ1n) is 7.15. The van der Waals surface area contributed by atoms with Crippen molar-refractivity contribution in [1.29, 1.82) is 0 Å². The molecule has 0 radical (unpaired) electrons. The second-order valence-electron chi connectivity index (χ2n) is 4.97. The van der Waals surface area contributed by atoms with E-state index in [1.807, 2.05) is 30.3 Å². The number of carbonyl (C=O) groups excluding carboxylic acids is 2. The van der Waals surface area contributed by atoms with E-state index < -0.39 is 18.0 Å². The number of amides is 1. The predicted octanol–water partition coefficient (Wildman–Crippen LogP) is 4.58. The van der Waals surface area contributed by atoms with Crippen LogP contribution in [0.1, 0.15) is 12.5 Å². The molecule has 0 spiro atoms. The largest absolute Gasteiger partial charge is 0.449 e. The molecule has 2 aromatic carbocycles. The number of halogens is 2. The van der Waals surface area contributed by atoms with E-state index in [2.05, 4.69) is 5.32 Å². The fourth-order valence-electron chi connectivity index (χ4n) is 1.87. The maximum atomic E-state index is 12.0. The molecule has 1 unspecified atom stereocenters. The van der Waals surface area contributed by atoms with Crippen molar-refractivity contribution in [2.24, 2.45) is 0 Å². The van der Waals surface area contributed by atoms with Gasteiger partial charge in [-0.3, -0.25) is 4.79 Å². The minimum atomic E-state index is -0.962. The molecule has 0 aliphatic rings. The lowest BCUT2D eigenvalue weighted by Crippen LogP contribution is -2.29. The van der Waals surface area contributed by atoms with Crippen LogP contribution in [0.15, 0.2) is 54.6 Å². The number of carbonyl (C=O) groups is 2. The van der Waals surface area contributed by atoms with Gasteiger partial charge < -0.3 is 10.1 Å². The van der Waals surface area contributed by atoms with E-state index in [0.29, 0.717) is 15.7 Å². The van der Waals surface area contributed by atoms with Crippen LogP contribution in [0, 0.1) is 0 Å². The molecule has 0 bridgehead atoms. The Kier molecular flexibility index (Phi) is 6.41. The summed E-state index contributed by atoms with van der Waals surface area (Å²) in [6.45, 7) is 1.48. The average Bonchev–Trinajstić information content (AvgIpc) is 2.53. The molecule has 1 atom stereocenters. The Morgan fingerprint density at radius 3 is 2.33 bits per heavy atom. The maximum Gasteiger partial charge on any atom is 0.331 e. The summed E-state index contributed by atoms with van der Waals surface area (Å²) in [5.41, 5.74) is 1.29. The van der Waals surface area contributed by atoms with Gasteiger partial charge >= 0.3 is 5.97 Å². The highest BCUT2D eigenvalue weighted by molar-refractivity contribution is 6.35. The van der Waals surface area contributed by atoms with E-state index in [1.165, 1.54) is 13.0 Å². The van der Waals surface area contributed by atoms with Gasteiger partial charge in [-0.25, -0.2) is 4.79 Å². The van der Waals surface area contributed by atoms with Crippen LogP contribution in [0.5, 0.6) is 0 Å². The summed E-state index contributed by atoms with van der Waals surface area (Å²) in [5.74, 6) is -1.08. The Morgan fingerprint density at radius 2 is 1.71 bits per heavy atom. The highest BCUT2D eigenvalue weighted by Gasteiger charge is 2.17. The minimum absolute atomic E-state index is 0.397. The van der Waals surface area contributed by atoms with E-state index in [0.717, 1.165) is 5.56 Å². The fourth-order valence-corrected chi connectivity index (χ4v) is 2.39. The van der Waals surface area contributed by atoms with Crippen molar-refractivity contribution in [3.8, 4) is 0 Å². The summed E-state index contributed by atoms with van der Waals surface area (Å²) >= 11 is 11.7. The number of hydrogen-bond acceptors (Lipinski definition) is 3. The summed E-state index contributed by atoms with van der Waals surface area (Å²) < 4.78 is 5.06. The van der Waals surface area contributed by atoms with Crippen molar-refractivity contribution in [3.63, 3.8) is 0 Å². The van der Waals surface area contributed by atoms with Crippen LogP contribution < -0.4 is 5.32 Å². The van der Waals surface area contributed by atoms with Gasteiger partial charge in [0, 0.05) is 21.8 Å². The topological polar surface area (TPSA) is 55.4 Å². The number of rotatable bonds is 5. The zero-order valence-electron chi connectivity index (χ0n) is 12.8. The molecule has 0 aliphatic carbocycles. The molecule has 0 aliphatic heterocycles. The molecule has 2 aromatic rings. The van der Waals surface area contributed by atoms with Crippen molar-refractivity contribution in [3.05, 3.63) is 70.2 Å². The Balaban J connectivity index is 1.91. The van der Waals surface area contributed by atoms with Crippen molar-refractivity contribution >= 4 is 46.8 Å². The predicted molar refractivity (Wildman–Crippen MR) is 96.1 cm³/mol. The van der Waals surface area contributed by atoms with Gasteiger partial charge in [0.05, 0.1) is 0 Å². The molecular formula is C18H15Cl2NO3. The van der Waals surface area contributed by atoms with Gasteiger partial charge in [-0.1, -0.05) is 53.5 Å². The van der Waals surface area contributed by atoms with Gasteiger partial charge in [0.2, 0.25) is 0 Å². The van der Waals surface area contributed by atoms with E-state index >= 15 is 0 Å². The van der Waals surface area contributed by atoms with E-state index in [1.54, 1.807) is 24.3 Å². The molecular weight excluding hydrogens is 349 g/mol. The first kappa shape index (κ1) is 18.0. The third-order valence-corrected chi connectivity index (χ3v) is 3.44. The smallest absolute Gasteiger partial charge is 0.331 e. The van der Waals surface area contributed by atoms with Gasteiger partial charge in [0.25, 0.3) is 5.91 Å². The van der Waals surface area contributed by atoms with Crippen LogP contribution in [0.4, 0.5) is 5.69 Å². The number of anilines is 1. The molecule has 0 aromatic heterocycles. The summed E-state index contributed by atoms with van der Waals surface area (Å²) in [4.78, 5) is 23.8. The summed E-state index contributed by atoms with van der Waals surface area (Å²) in [6.07, 6.45) is 1.93. The Morgan fingerprint density at radius 1 is 1.08 bits per heavy atom. The molecule has 0 saturated carbocycles. The first-order chi connectivity index (χ1) is 11.4. The lowest BCUT2D eigenvalue weighted by Gasteiger charge is -2.12. The highest BCUT2D eigenvalue weighted by Crippen LogP contribution is 2.22. The first-order valence-corrected chi connectivity index (χ1v) is 7.90. The number of nitrogens with one attached hydrogen (secondary N) is 1. The van der Waals surface area contributed by atoms with E-state index in [9.17, 15) is 9.59 Å². The quantitative estimate of drug-likeness (QED) is 0.624. The van der Waals surface area contributed by atoms with Gasteiger partial charge in [-0.2, -0.15) is 0 Å². The third kappa shape index (κ3) is 5.72. The lowest BCUT2D eigenvalue weighted by molar-refractivity contribution is -0.148. The Hall–Kier alpha value is -2.30. The molecule has 1 N–H and O–H groups in total. The van der Waals surface area contributed by atoms with Crippen molar-refractivity contribution in [1.82, 2.24) is 0 Å². The molecule has 0 saturated heterocycles. The number of ether oxygens (including phenoxy) is 1. The number of esters is 1. The van der Waals surface area contributed by atoms with E-state index in [-0.39, 0.29) is 0 Å². The van der Waals surface area contributed by atoms with Crippen molar-refractivity contribution in [2.75, 3.05) is 5.32 Å². The normalized spacial score (nSPS) is 12.0. The third-order valence-electron chi connectivity index (χ3n) is 3.00. The fraction of sp³-hybridized carbons (Fsp3) is 0.111. The zero-order chi connectivity index (χ0) is 17.5. The maximum absolute atomic E-state index is 12.0. The molecule has 4 nitrogen and oxygen atoms in total. The minimum Gasteiger partial charge on any atom is -0.449 e. The van der Waals surface area contributed by atoms with Crippen LogP contribution in [0.2, 0.25) is 10.0 Å². The summed E-state index contributed by atoms with van der Waals surface area (Å²) in [5, 5.41) is 3.39. The van der Waals surface area contributed by atoms with Crippen LogP contribution in [-0.4, -0.2) is 18.0 Å². The van der Waals surface area contributed by atoms with Crippen molar-refractivity contribution < 1.29 is 14.3 Å². The molecule has 24 heavy (non-hydrogen) atoms. The second kappa shape index (κ2) is 8.52. The van der Waals surface area contributed by atoms with Crippen LogP contribution in [0.3, 0.4) is 0 Å². The van der Waals surface area contributed by atoms with Gasteiger partial charge in [-0.05, 0) is 36.8 Å². The van der Waals surface area contributed by atoms with Crippen LogP contribution in [-0.2, 0) is 14.3 Å². The highest BCUT2D eigenvalue weighted by atomic mass is 35.5. The van der Waals surface area contributed by atoms with Gasteiger partial charge in [0.15, 0.2) is 6.10 Å². The monoisotopic (exact) mass is 363 g/mol. The van der Waals surface area contributed by atoms with Crippen LogP contribution in [0.25, 0.3) is 6.08 Å². The molecule has 2 rings (SSSR count). The SMILES string of the molecule is CC(OC(=O)/C=C/c1ccccc1)C(=O)Nc1cc(Cl)cc(Cl)c1. The Labute approximate surface area is 150 Å². The zero-order valence-corrected chi connectivity index (χ0v) is 14.3. The molecule has 0 fully saturated rings. The molecule has 124 valence electrons. The molecule has 6 heteroatoms. The number of benzene rings is 2. The van der Waals surface area contributed by atoms with Gasteiger partial charge in [-0.15, -0.1) is 0 Å². The van der Waals surface area contributed by atoms with Crippen LogP contribution >= 0.6 is 23.2 Å². The molecule has 1 amide bonds. The van der Waals surface area contributed by atoms with Crippen molar-refractivity contribution in [2.45, 2.75) is 13.0 Å². The average molecular weight is 364 g/mol. The summed E-state index contributed by atoms with van der Waals surface area (Å²) in [6, 6.07) is 13.9. The Bertz CT molecular complexity index is 740. The van der Waals surface area contributed by atoms with Gasteiger partial charge in [0.1, 0.15) is 0 Å². The second-order valence-corrected chi connectivity index (χ2v) is 5.84. The van der Waals surface area contributed by atoms with E-state index in [4.69, 9.17) is 27.9 Å². The molecule has 0 heterocycles. The summed E-state index contributed by atoms with van der Waals surface area (Å²) in [7, 11) is 0. The number of hydrogen-bond donors (Lipinski definition) is 1. The standard InChI is InChI=1S/C18H15Cl2NO3/c1-12(18(23)21-16-10-14(19)9-15(20)11-16)24-17(22)8-7-13-5-3-2-4-6-13/h2-12H,1H3,(H,21,23)/b8-7+. The lowest BCUT2D eigenvalue weighted by atomic mass is 10.2.